The van der Waals surface area contributed by atoms with Gasteiger partial charge in [0.2, 0.25) is 0 Å². The second kappa shape index (κ2) is 4.98. The summed E-state index contributed by atoms with van der Waals surface area (Å²) in [5, 5.41) is 3.36. The normalized spacial score (nSPS) is 23.5. The smallest absolute Gasteiger partial charge is 0.253 e. The quantitative estimate of drug-likeness (QED) is 0.875. The van der Waals surface area contributed by atoms with Gasteiger partial charge in [-0.15, -0.1) is 0 Å². The van der Waals surface area contributed by atoms with Gasteiger partial charge in [0.05, 0.1) is 10.6 Å². The minimum atomic E-state index is -0.165. The van der Waals surface area contributed by atoms with Crippen molar-refractivity contribution in [2.45, 2.75) is 31.3 Å². The second-order valence-corrected chi connectivity index (χ2v) is 5.68. The number of halogens is 1. The van der Waals surface area contributed by atoms with Gasteiger partial charge in [-0.25, -0.2) is 4.98 Å². The van der Waals surface area contributed by atoms with E-state index in [2.05, 4.69) is 15.2 Å². The first-order chi connectivity index (χ1) is 9.13. The van der Waals surface area contributed by atoms with Crippen LogP contribution in [0.25, 0.3) is 0 Å². The molecule has 2 heterocycles. The van der Waals surface area contributed by atoms with Gasteiger partial charge < -0.3 is 11.1 Å². The molecule has 2 fully saturated rings. The number of aromatic nitrogens is 1. The lowest BCUT2D eigenvalue weighted by Gasteiger charge is -2.16. The number of nitrogens with zero attached hydrogens (tertiary/aromatic N) is 2. The fraction of sp³-hybridized carbons (Fsp3) is 0.538. The Bertz CT molecular complexity index is 503. The summed E-state index contributed by atoms with van der Waals surface area (Å²) >= 11 is 5.98. The van der Waals surface area contributed by atoms with Crippen molar-refractivity contribution >= 4 is 23.3 Å². The Kier molecular flexibility index (Phi) is 3.33. The first kappa shape index (κ1) is 12.7. The average Bonchev–Trinajstić information content (AvgIpc) is 3.13. The highest BCUT2D eigenvalue weighted by Gasteiger charge is 2.34. The molecule has 1 unspecified atom stereocenters. The fourth-order valence-corrected chi connectivity index (χ4v) is 2.76. The lowest BCUT2D eigenvalue weighted by molar-refractivity contribution is 0.0937. The summed E-state index contributed by atoms with van der Waals surface area (Å²) in [6, 6.07) is 2.48. The Morgan fingerprint density at radius 2 is 2.26 bits per heavy atom. The van der Waals surface area contributed by atoms with Crippen LogP contribution >= 0.6 is 11.6 Å². The van der Waals surface area contributed by atoms with Crippen molar-refractivity contribution in [3.8, 4) is 0 Å². The van der Waals surface area contributed by atoms with Crippen LogP contribution in [0.3, 0.4) is 0 Å². The highest BCUT2D eigenvalue weighted by Crippen LogP contribution is 2.30. The number of nitrogens with one attached hydrogen (secondary N) is 1. The maximum absolute atomic E-state index is 12.2. The van der Waals surface area contributed by atoms with Crippen molar-refractivity contribution in [2.75, 3.05) is 18.8 Å². The van der Waals surface area contributed by atoms with Crippen molar-refractivity contribution < 1.29 is 4.79 Å². The molecule has 102 valence electrons. The maximum atomic E-state index is 12.2. The number of hydrogen-bond acceptors (Lipinski definition) is 4. The van der Waals surface area contributed by atoms with Crippen LogP contribution < -0.4 is 11.1 Å². The van der Waals surface area contributed by atoms with E-state index in [0.717, 1.165) is 25.6 Å². The molecular formula is C13H17ClN4O. The summed E-state index contributed by atoms with van der Waals surface area (Å²) in [6.45, 7) is 2.01. The third kappa shape index (κ3) is 2.82. The molecule has 1 aromatic rings. The first-order valence-corrected chi connectivity index (χ1v) is 6.97. The van der Waals surface area contributed by atoms with E-state index in [4.69, 9.17) is 17.3 Å². The van der Waals surface area contributed by atoms with Crippen LogP contribution in [0.15, 0.2) is 12.3 Å². The fourth-order valence-electron chi connectivity index (χ4n) is 2.57. The predicted molar refractivity (Wildman–Crippen MR) is 74.1 cm³/mol. The summed E-state index contributed by atoms with van der Waals surface area (Å²) < 4.78 is 0. The van der Waals surface area contributed by atoms with E-state index in [1.807, 2.05) is 0 Å². The Hall–Kier alpha value is -1.33. The summed E-state index contributed by atoms with van der Waals surface area (Å²) in [5.74, 6) is 0.141. The number of hydrogen-bond donors (Lipinski definition) is 2. The molecule has 2 aliphatic rings. The van der Waals surface area contributed by atoms with Crippen LogP contribution in [0.2, 0.25) is 5.02 Å². The lowest BCUT2D eigenvalue weighted by atomic mass is 10.2. The zero-order chi connectivity index (χ0) is 13.4. The molecule has 1 aliphatic carbocycles. The van der Waals surface area contributed by atoms with Gasteiger partial charge in [0, 0.05) is 31.4 Å². The van der Waals surface area contributed by atoms with Gasteiger partial charge in [-0.3, -0.25) is 9.69 Å². The molecule has 3 rings (SSSR count). The van der Waals surface area contributed by atoms with Crippen molar-refractivity contribution in [2.24, 2.45) is 0 Å². The Labute approximate surface area is 117 Å². The summed E-state index contributed by atoms with van der Waals surface area (Å²) in [5.41, 5.74) is 5.99. The molecule has 1 atom stereocenters. The number of carbonyl (C=O) groups is 1. The van der Waals surface area contributed by atoms with Gasteiger partial charge in [0.1, 0.15) is 5.82 Å². The SMILES string of the molecule is Nc1cc(C(=O)NC2CCN(C3CC3)C2)c(Cl)cn1. The minimum Gasteiger partial charge on any atom is -0.384 e. The lowest BCUT2D eigenvalue weighted by Crippen LogP contribution is -2.37. The van der Waals surface area contributed by atoms with Gasteiger partial charge in [0.15, 0.2) is 0 Å². The molecule has 0 spiro atoms. The number of carbonyl (C=O) groups excluding carboxylic acids is 1. The van der Waals surface area contributed by atoms with E-state index in [1.165, 1.54) is 25.1 Å². The molecule has 0 aromatic carbocycles. The number of pyridine rings is 1. The Balaban J connectivity index is 1.63. The molecule has 3 N–H and O–H groups in total. The first-order valence-electron chi connectivity index (χ1n) is 6.59. The van der Waals surface area contributed by atoms with Crippen LogP contribution in [0.4, 0.5) is 5.82 Å². The van der Waals surface area contributed by atoms with E-state index >= 15 is 0 Å². The number of anilines is 1. The van der Waals surface area contributed by atoms with Crippen LogP contribution in [-0.4, -0.2) is 41.0 Å². The van der Waals surface area contributed by atoms with E-state index in [-0.39, 0.29) is 11.9 Å². The molecule has 1 saturated heterocycles. The van der Waals surface area contributed by atoms with Gasteiger partial charge in [-0.05, 0) is 25.3 Å². The average molecular weight is 281 g/mol. The number of amides is 1. The zero-order valence-electron chi connectivity index (χ0n) is 10.6. The van der Waals surface area contributed by atoms with Crippen molar-refractivity contribution in [3.63, 3.8) is 0 Å². The van der Waals surface area contributed by atoms with Crippen molar-refractivity contribution in [3.05, 3.63) is 22.8 Å². The third-order valence-corrected chi connectivity index (χ3v) is 4.04. The molecule has 6 heteroatoms. The van der Waals surface area contributed by atoms with E-state index in [1.54, 1.807) is 0 Å². The third-order valence-electron chi connectivity index (χ3n) is 3.74. The summed E-state index contributed by atoms with van der Waals surface area (Å²) in [4.78, 5) is 18.5. The Morgan fingerprint density at radius 3 is 3.00 bits per heavy atom. The van der Waals surface area contributed by atoms with Gasteiger partial charge >= 0.3 is 0 Å². The van der Waals surface area contributed by atoms with Crippen LogP contribution in [0.5, 0.6) is 0 Å². The van der Waals surface area contributed by atoms with Crippen LogP contribution in [-0.2, 0) is 0 Å². The Morgan fingerprint density at radius 1 is 1.47 bits per heavy atom. The number of likely N-dealkylation sites (tertiary alicyclic amines) is 1. The van der Waals surface area contributed by atoms with E-state index < -0.39 is 0 Å². The minimum absolute atomic E-state index is 0.165. The summed E-state index contributed by atoms with van der Waals surface area (Å²) in [6.07, 6.45) is 5.01. The molecule has 1 saturated carbocycles. The molecule has 1 aromatic heterocycles. The number of nitrogen functional groups attached to an aromatic ring is 1. The van der Waals surface area contributed by atoms with Gasteiger partial charge in [-0.1, -0.05) is 11.6 Å². The molecule has 19 heavy (non-hydrogen) atoms. The van der Waals surface area contributed by atoms with Crippen LogP contribution in [0.1, 0.15) is 29.6 Å². The zero-order valence-corrected chi connectivity index (χ0v) is 11.4. The predicted octanol–water partition coefficient (Wildman–Crippen LogP) is 1.28. The van der Waals surface area contributed by atoms with Crippen LogP contribution in [0, 0.1) is 0 Å². The second-order valence-electron chi connectivity index (χ2n) is 5.27. The van der Waals surface area contributed by atoms with Crippen molar-refractivity contribution in [1.82, 2.24) is 15.2 Å². The number of nitrogens with two attached hydrogens (primary N) is 1. The van der Waals surface area contributed by atoms with Gasteiger partial charge in [0.25, 0.3) is 5.91 Å². The summed E-state index contributed by atoms with van der Waals surface area (Å²) in [7, 11) is 0. The molecule has 0 bridgehead atoms. The van der Waals surface area contributed by atoms with E-state index in [9.17, 15) is 4.79 Å². The highest BCUT2D eigenvalue weighted by molar-refractivity contribution is 6.33. The molecule has 0 radical (unpaired) electrons. The van der Waals surface area contributed by atoms with Gasteiger partial charge in [-0.2, -0.15) is 0 Å². The largest absolute Gasteiger partial charge is 0.384 e. The van der Waals surface area contributed by atoms with Crippen molar-refractivity contribution in [1.29, 1.82) is 0 Å². The van der Waals surface area contributed by atoms with E-state index in [0.29, 0.717) is 16.4 Å². The highest BCUT2D eigenvalue weighted by atomic mass is 35.5. The molecule has 1 amide bonds. The standard InChI is InChI=1S/C13H17ClN4O/c14-11-6-16-12(15)5-10(11)13(19)17-8-3-4-18(7-8)9-1-2-9/h5-6,8-9H,1-4,7H2,(H2,15,16)(H,17,19). The maximum Gasteiger partial charge on any atom is 0.253 e. The monoisotopic (exact) mass is 280 g/mol. The topological polar surface area (TPSA) is 71.2 Å². The molecule has 5 nitrogen and oxygen atoms in total. The number of rotatable bonds is 3. The molecular weight excluding hydrogens is 264 g/mol. The molecule has 1 aliphatic heterocycles.